The van der Waals surface area contributed by atoms with Crippen LogP contribution in [0.5, 0.6) is 0 Å². The highest BCUT2D eigenvalue weighted by molar-refractivity contribution is 5.76. The third-order valence-corrected chi connectivity index (χ3v) is 5.19. The van der Waals surface area contributed by atoms with E-state index in [1.54, 1.807) is 9.80 Å². The van der Waals surface area contributed by atoms with Gasteiger partial charge in [0.25, 0.3) is 0 Å². The topological polar surface area (TPSA) is 112 Å². The van der Waals surface area contributed by atoms with E-state index in [2.05, 4.69) is 0 Å². The lowest BCUT2D eigenvalue weighted by atomic mass is 10.3. The lowest BCUT2D eigenvalue weighted by molar-refractivity contribution is -0.152. The minimum absolute atomic E-state index is 0.0949. The van der Waals surface area contributed by atoms with Crippen LogP contribution in [0.3, 0.4) is 0 Å². The zero-order valence-electron chi connectivity index (χ0n) is 22.9. The van der Waals surface area contributed by atoms with Crippen molar-refractivity contribution in [2.45, 2.75) is 79.1 Å². The summed E-state index contributed by atoms with van der Waals surface area (Å²) in [5, 5.41) is 0. The van der Waals surface area contributed by atoms with E-state index >= 15 is 0 Å². The molecule has 0 spiro atoms. The molecule has 0 aromatic carbocycles. The Morgan fingerprint density at radius 1 is 0.444 bits per heavy atom. The van der Waals surface area contributed by atoms with Gasteiger partial charge in [-0.3, -0.25) is 29.0 Å². The second kappa shape index (κ2) is 23.2. The molecule has 210 valence electrons. The van der Waals surface area contributed by atoms with Gasteiger partial charge >= 0.3 is 23.9 Å². The molecule has 0 N–H and O–H groups in total. The van der Waals surface area contributed by atoms with Crippen LogP contribution in [-0.2, 0) is 38.1 Å². The first kappa shape index (κ1) is 33.8. The van der Waals surface area contributed by atoms with Gasteiger partial charge in [-0.2, -0.15) is 0 Å². The highest BCUT2D eigenvalue weighted by atomic mass is 16.5. The van der Waals surface area contributed by atoms with Crippen molar-refractivity contribution in [3.63, 3.8) is 0 Å². The summed E-state index contributed by atoms with van der Waals surface area (Å²) in [7, 11) is 0. The zero-order chi connectivity index (χ0) is 27.0. The van der Waals surface area contributed by atoms with Crippen molar-refractivity contribution >= 4 is 23.9 Å². The number of esters is 4. The van der Waals surface area contributed by atoms with Crippen molar-refractivity contribution in [1.82, 2.24) is 9.80 Å². The van der Waals surface area contributed by atoms with Gasteiger partial charge in [-0.15, -0.1) is 0 Å². The molecule has 10 nitrogen and oxygen atoms in total. The molecule has 0 atom stereocenters. The van der Waals surface area contributed by atoms with Crippen LogP contribution in [0, 0.1) is 0 Å². The fourth-order valence-electron chi connectivity index (χ4n) is 2.95. The van der Waals surface area contributed by atoms with Gasteiger partial charge in [-0.05, 0) is 25.7 Å². The summed E-state index contributed by atoms with van der Waals surface area (Å²) in [6, 6.07) is 0. The predicted octanol–water partition coefficient (Wildman–Crippen LogP) is 2.96. The second-order valence-corrected chi connectivity index (χ2v) is 8.72. The molecular formula is C26H48N2O8. The van der Waals surface area contributed by atoms with Crippen molar-refractivity contribution in [2.75, 3.05) is 65.7 Å². The largest absolute Gasteiger partial charge is 0.465 e. The summed E-state index contributed by atoms with van der Waals surface area (Å²) >= 11 is 0. The molecule has 0 aromatic rings. The van der Waals surface area contributed by atoms with E-state index in [-0.39, 0.29) is 39.3 Å². The van der Waals surface area contributed by atoms with Crippen molar-refractivity contribution in [2.24, 2.45) is 0 Å². The molecule has 0 aliphatic carbocycles. The third kappa shape index (κ3) is 20.0. The van der Waals surface area contributed by atoms with E-state index in [1.807, 2.05) is 27.7 Å². The number of carbonyl (C=O) groups excluding carboxylic acids is 4. The van der Waals surface area contributed by atoms with Crippen LogP contribution in [0.25, 0.3) is 0 Å². The molecule has 0 rings (SSSR count). The fourth-order valence-corrected chi connectivity index (χ4v) is 2.95. The Labute approximate surface area is 216 Å². The summed E-state index contributed by atoms with van der Waals surface area (Å²) in [5.74, 6) is -1.74. The fraction of sp³-hybridized carbons (Fsp3) is 0.846. The molecule has 0 saturated carbocycles. The average molecular weight is 517 g/mol. The van der Waals surface area contributed by atoms with Gasteiger partial charge in [-0.25, -0.2) is 0 Å². The van der Waals surface area contributed by atoms with E-state index in [0.717, 1.165) is 51.4 Å². The molecule has 0 unspecified atom stereocenters. The van der Waals surface area contributed by atoms with Gasteiger partial charge in [-0.1, -0.05) is 53.4 Å². The molecule has 0 fully saturated rings. The first-order chi connectivity index (χ1) is 17.4. The minimum Gasteiger partial charge on any atom is -0.465 e. The standard InChI is InChI=1S/C26H48N2O8/c1-5-9-15-33-23(29)19-27(20-24(30)34-16-10-6-2)13-14-28(21-25(31)35-17-11-7-3)22-26(32)36-18-12-8-4/h5-22H2,1-4H3. The molecule has 0 amide bonds. The molecule has 0 radical (unpaired) electrons. The molecule has 0 aromatic heterocycles. The monoisotopic (exact) mass is 516 g/mol. The van der Waals surface area contributed by atoms with Gasteiger partial charge in [0.05, 0.1) is 52.6 Å². The first-order valence-electron chi connectivity index (χ1n) is 13.4. The summed E-state index contributed by atoms with van der Waals surface area (Å²) < 4.78 is 21.0. The maximum atomic E-state index is 12.3. The van der Waals surface area contributed by atoms with E-state index in [0.29, 0.717) is 26.4 Å². The Bertz CT molecular complexity index is 515. The molecular weight excluding hydrogens is 468 g/mol. The number of rotatable bonds is 23. The zero-order valence-corrected chi connectivity index (χ0v) is 22.9. The number of nitrogens with zero attached hydrogens (tertiary/aromatic N) is 2. The van der Waals surface area contributed by atoms with Crippen LogP contribution >= 0.6 is 0 Å². The Morgan fingerprint density at radius 3 is 0.861 bits per heavy atom. The second-order valence-electron chi connectivity index (χ2n) is 8.72. The van der Waals surface area contributed by atoms with Gasteiger partial charge in [0.2, 0.25) is 0 Å². The predicted molar refractivity (Wildman–Crippen MR) is 136 cm³/mol. The Balaban J connectivity index is 5.13. The third-order valence-electron chi connectivity index (χ3n) is 5.19. The van der Waals surface area contributed by atoms with Crippen LogP contribution in [0.15, 0.2) is 0 Å². The Morgan fingerprint density at radius 2 is 0.667 bits per heavy atom. The molecule has 0 saturated heterocycles. The molecule has 0 aliphatic heterocycles. The van der Waals surface area contributed by atoms with Crippen LogP contribution in [0.1, 0.15) is 79.1 Å². The number of ether oxygens (including phenoxy) is 4. The minimum atomic E-state index is -0.436. The smallest absolute Gasteiger partial charge is 0.320 e. The van der Waals surface area contributed by atoms with E-state index in [4.69, 9.17) is 18.9 Å². The van der Waals surface area contributed by atoms with Gasteiger partial charge in [0.1, 0.15) is 0 Å². The molecule has 10 heteroatoms. The van der Waals surface area contributed by atoms with Crippen molar-refractivity contribution in [3.8, 4) is 0 Å². The highest BCUT2D eigenvalue weighted by Crippen LogP contribution is 2.01. The Kier molecular flexibility index (Phi) is 21.8. The number of unbranched alkanes of at least 4 members (excludes halogenated alkanes) is 4. The highest BCUT2D eigenvalue weighted by Gasteiger charge is 2.21. The summed E-state index contributed by atoms with van der Waals surface area (Å²) in [5.41, 5.74) is 0. The maximum Gasteiger partial charge on any atom is 0.320 e. The van der Waals surface area contributed by atoms with Gasteiger partial charge in [0, 0.05) is 13.1 Å². The molecule has 0 aliphatic rings. The number of hydrogen-bond acceptors (Lipinski definition) is 10. The SMILES string of the molecule is CCCCOC(=O)CN(CCN(CC(=O)OCCCC)CC(=O)OCCCC)CC(=O)OCCCC. The first-order valence-corrected chi connectivity index (χ1v) is 13.4. The number of carbonyl (C=O) groups is 4. The molecule has 36 heavy (non-hydrogen) atoms. The average Bonchev–Trinajstić information content (AvgIpc) is 2.83. The normalized spacial score (nSPS) is 10.9. The summed E-state index contributed by atoms with van der Waals surface area (Å²) in [6.07, 6.45) is 6.66. The van der Waals surface area contributed by atoms with Crippen LogP contribution in [0.2, 0.25) is 0 Å². The summed E-state index contributed by atoms with van der Waals surface area (Å²) in [4.78, 5) is 52.4. The molecule has 0 heterocycles. The van der Waals surface area contributed by atoms with Crippen molar-refractivity contribution in [1.29, 1.82) is 0 Å². The molecule has 0 bridgehead atoms. The lowest BCUT2D eigenvalue weighted by Crippen LogP contribution is -2.44. The van der Waals surface area contributed by atoms with Gasteiger partial charge < -0.3 is 18.9 Å². The van der Waals surface area contributed by atoms with Gasteiger partial charge in [0.15, 0.2) is 0 Å². The van der Waals surface area contributed by atoms with Crippen LogP contribution < -0.4 is 0 Å². The Hall–Kier alpha value is -2.20. The number of hydrogen-bond donors (Lipinski definition) is 0. The van der Waals surface area contributed by atoms with E-state index in [1.165, 1.54) is 0 Å². The van der Waals surface area contributed by atoms with E-state index in [9.17, 15) is 19.2 Å². The van der Waals surface area contributed by atoms with Crippen molar-refractivity contribution < 1.29 is 38.1 Å². The van der Waals surface area contributed by atoms with Crippen LogP contribution in [0.4, 0.5) is 0 Å². The van der Waals surface area contributed by atoms with E-state index < -0.39 is 23.9 Å². The summed E-state index contributed by atoms with van der Waals surface area (Å²) in [6.45, 7) is 9.41. The van der Waals surface area contributed by atoms with Crippen LogP contribution in [-0.4, -0.2) is 99.4 Å². The quantitative estimate of drug-likeness (QED) is 0.114. The maximum absolute atomic E-state index is 12.3. The lowest BCUT2D eigenvalue weighted by Gasteiger charge is -2.25. The van der Waals surface area contributed by atoms with Crippen molar-refractivity contribution in [3.05, 3.63) is 0 Å².